The predicted octanol–water partition coefficient (Wildman–Crippen LogP) is 3.87. The summed E-state index contributed by atoms with van der Waals surface area (Å²) < 4.78 is 49.6. The maximum atomic E-state index is 13.3. The monoisotopic (exact) mass is 392 g/mol. The Bertz CT molecular complexity index is 968. The van der Waals surface area contributed by atoms with E-state index in [-0.39, 0.29) is 5.82 Å². The number of rotatable bonds is 6. The number of hydrogen-bond acceptors (Lipinski definition) is 5. The van der Waals surface area contributed by atoms with Crippen molar-refractivity contribution in [3.05, 3.63) is 59.4 Å². The molecule has 1 N–H and O–H groups in total. The van der Waals surface area contributed by atoms with E-state index in [2.05, 4.69) is 8.91 Å². The summed E-state index contributed by atoms with van der Waals surface area (Å²) in [7, 11) is -2.81. The topological polar surface area (TPSA) is 77.0 Å². The van der Waals surface area contributed by atoms with Gasteiger partial charge in [0, 0.05) is 30.0 Å². The number of fused-ring (bicyclic) bond motifs is 1. The lowest BCUT2D eigenvalue weighted by Gasteiger charge is -2.35. The Morgan fingerprint density at radius 3 is 2.41 bits per heavy atom. The first-order chi connectivity index (χ1) is 12.8. The lowest BCUT2D eigenvalue weighted by molar-refractivity contribution is 0.0660. The number of ether oxygens (including phenoxy) is 1. The molecule has 27 heavy (non-hydrogen) atoms. The van der Waals surface area contributed by atoms with Crippen LogP contribution >= 0.6 is 0 Å². The number of nitrogens with zero attached hydrogens (tertiary/aromatic N) is 1. The van der Waals surface area contributed by atoms with Crippen LogP contribution in [0.4, 0.5) is 10.1 Å². The molecule has 1 aliphatic heterocycles. The van der Waals surface area contributed by atoms with E-state index in [1.807, 2.05) is 13.8 Å². The summed E-state index contributed by atoms with van der Waals surface area (Å²) in [6.45, 7) is 3.94. The number of anilines is 1. The third-order valence-corrected chi connectivity index (χ3v) is 5.46. The third kappa shape index (κ3) is 3.96. The van der Waals surface area contributed by atoms with Gasteiger partial charge in [0.1, 0.15) is 11.6 Å². The second-order valence-corrected chi connectivity index (χ2v) is 7.60. The first-order valence-electron chi connectivity index (χ1n) is 8.59. The van der Waals surface area contributed by atoms with Gasteiger partial charge in [0.2, 0.25) is 0 Å². The van der Waals surface area contributed by atoms with E-state index >= 15 is 0 Å². The van der Waals surface area contributed by atoms with Gasteiger partial charge in [-0.05, 0) is 36.4 Å². The first-order valence-corrected chi connectivity index (χ1v) is 10.00. The fourth-order valence-corrected chi connectivity index (χ4v) is 3.42. The molecule has 3 rings (SSSR count). The number of aliphatic imine (C=N–C) groups is 1. The van der Waals surface area contributed by atoms with E-state index in [1.54, 1.807) is 30.3 Å². The summed E-state index contributed by atoms with van der Waals surface area (Å²) in [4.78, 5) is 4.82. The molecule has 1 heterocycles. The second kappa shape index (κ2) is 7.28. The predicted molar refractivity (Wildman–Crippen MR) is 102 cm³/mol. The Hall–Kier alpha value is -2.45. The maximum absolute atomic E-state index is 13.3. The lowest BCUT2D eigenvalue weighted by Crippen LogP contribution is -2.37. The summed E-state index contributed by atoms with van der Waals surface area (Å²) >= 11 is 0. The number of benzene rings is 2. The largest absolute Gasteiger partial charge is 0.465 e. The summed E-state index contributed by atoms with van der Waals surface area (Å²) in [5, 5.41) is 0. The molecule has 0 radical (unpaired) electrons. The highest BCUT2D eigenvalue weighted by atomic mass is 32.2. The van der Waals surface area contributed by atoms with Crippen LogP contribution < -0.4 is 9.46 Å². The number of nitrogens with one attached hydrogen (secondary N) is 1. The Morgan fingerprint density at radius 1 is 1.15 bits per heavy atom. The molecule has 8 heteroatoms. The van der Waals surface area contributed by atoms with E-state index in [0.717, 1.165) is 12.7 Å². The molecular formula is C19H21FN2O4S. The van der Waals surface area contributed by atoms with Crippen LogP contribution in [-0.4, -0.2) is 27.0 Å². The van der Waals surface area contributed by atoms with Crippen LogP contribution in [0.15, 0.2) is 47.5 Å². The van der Waals surface area contributed by atoms with Crippen LogP contribution in [0.1, 0.15) is 37.8 Å². The van der Waals surface area contributed by atoms with Gasteiger partial charge in [-0.1, -0.05) is 13.8 Å². The molecule has 0 bridgehead atoms. The summed E-state index contributed by atoms with van der Waals surface area (Å²) in [6.07, 6.45) is 1.25. The minimum absolute atomic E-state index is 0.317. The van der Waals surface area contributed by atoms with Crippen LogP contribution in [0.25, 0.3) is 0 Å². The molecule has 0 fully saturated rings. The molecule has 0 spiro atoms. The molecule has 0 saturated carbocycles. The average Bonchev–Trinajstić information content (AvgIpc) is 2.67. The molecule has 6 nitrogen and oxygen atoms in total. The van der Waals surface area contributed by atoms with Crippen LogP contribution in [0.5, 0.6) is 5.75 Å². The molecule has 0 amide bonds. The Kier molecular flexibility index (Phi) is 5.21. The van der Waals surface area contributed by atoms with Crippen molar-refractivity contribution in [3.63, 3.8) is 0 Å². The van der Waals surface area contributed by atoms with Gasteiger partial charge in [-0.25, -0.2) is 9.38 Å². The third-order valence-electron chi connectivity index (χ3n) is 4.54. The fourth-order valence-electron chi connectivity index (χ4n) is 2.92. The van der Waals surface area contributed by atoms with Crippen molar-refractivity contribution in [2.24, 2.45) is 4.99 Å². The Labute approximate surface area is 158 Å². The van der Waals surface area contributed by atoms with Gasteiger partial charge in [-0.15, -0.1) is 0 Å². The zero-order chi connectivity index (χ0) is 19.7. The average molecular weight is 392 g/mol. The van der Waals surface area contributed by atoms with Crippen LogP contribution in [-0.2, 0) is 14.5 Å². The highest BCUT2D eigenvalue weighted by molar-refractivity contribution is 7.88. The van der Waals surface area contributed by atoms with Gasteiger partial charge in [-0.3, -0.25) is 8.91 Å². The zero-order valence-corrected chi connectivity index (χ0v) is 16.1. The Balaban J connectivity index is 2.11. The van der Waals surface area contributed by atoms with Gasteiger partial charge in [-0.2, -0.15) is 8.42 Å². The minimum atomic E-state index is -3.89. The summed E-state index contributed by atoms with van der Waals surface area (Å²) in [6, 6.07) is 11.0. The van der Waals surface area contributed by atoms with Crippen molar-refractivity contribution in [2.45, 2.75) is 32.4 Å². The van der Waals surface area contributed by atoms with E-state index < -0.39 is 16.0 Å². The van der Waals surface area contributed by atoms with Gasteiger partial charge in [0.05, 0.1) is 18.5 Å². The quantitative estimate of drug-likeness (QED) is 0.809. The zero-order valence-electron chi connectivity index (χ0n) is 15.3. The van der Waals surface area contributed by atoms with Crippen molar-refractivity contribution in [1.82, 2.24) is 0 Å². The molecule has 0 saturated heterocycles. The highest BCUT2D eigenvalue weighted by Crippen LogP contribution is 2.37. The van der Waals surface area contributed by atoms with Gasteiger partial charge in [0.15, 0.2) is 5.72 Å². The maximum Gasteiger partial charge on any atom is 0.359 e. The fraction of sp³-hybridized carbons (Fsp3) is 0.316. The standard InChI is InChI=1S/C19H21FN2O4S/c1-4-19(5-2)21-18(13-6-8-14(20)9-7-13)16-11-10-15(12-17(16)26-19)22-27(23,24)25-3/h6-12,22H,4-5H2,1-3H3. The van der Waals surface area contributed by atoms with Gasteiger partial charge < -0.3 is 4.74 Å². The van der Waals surface area contributed by atoms with Gasteiger partial charge in [0.25, 0.3) is 0 Å². The summed E-state index contributed by atoms with van der Waals surface area (Å²) in [5.74, 6) is 0.178. The van der Waals surface area contributed by atoms with Crippen molar-refractivity contribution in [3.8, 4) is 5.75 Å². The number of halogens is 1. The van der Waals surface area contributed by atoms with E-state index in [0.29, 0.717) is 35.6 Å². The lowest BCUT2D eigenvalue weighted by atomic mass is 9.96. The highest BCUT2D eigenvalue weighted by Gasteiger charge is 2.34. The molecule has 1 aliphatic rings. The van der Waals surface area contributed by atoms with Crippen molar-refractivity contribution < 1.29 is 21.7 Å². The van der Waals surface area contributed by atoms with E-state index in [1.165, 1.54) is 12.1 Å². The van der Waals surface area contributed by atoms with E-state index in [9.17, 15) is 12.8 Å². The Morgan fingerprint density at radius 2 is 1.81 bits per heavy atom. The van der Waals surface area contributed by atoms with Crippen LogP contribution in [0.2, 0.25) is 0 Å². The summed E-state index contributed by atoms with van der Waals surface area (Å²) in [5.41, 5.74) is 1.70. The molecule has 0 aliphatic carbocycles. The van der Waals surface area contributed by atoms with Crippen molar-refractivity contribution in [2.75, 3.05) is 11.8 Å². The smallest absolute Gasteiger partial charge is 0.359 e. The van der Waals surface area contributed by atoms with Crippen LogP contribution in [0.3, 0.4) is 0 Å². The van der Waals surface area contributed by atoms with Gasteiger partial charge >= 0.3 is 10.3 Å². The molecule has 144 valence electrons. The second-order valence-electron chi connectivity index (χ2n) is 6.16. The molecule has 2 aromatic rings. The number of hydrogen-bond donors (Lipinski definition) is 1. The van der Waals surface area contributed by atoms with Crippen LogP contribution in [0, 0.1) is 5.82 Å². The SMILES string of the molecule is CCC1(CC)N=C(c2ccc(F)cc2)c2ccc(NS(=O)(=O)OC)cc2O1. The molecule has 0 atom stereocenters. The first kappa shape index (κ1) is 19.3. The van der Waals surface area contributed by atoms with Crippen molar-refractivity contribution in [1.29, 1.82) is 0 Å². The molecule has 0 aromatic heterocycles. The molecule has 0 unspecified atom stereocenters. The molecule has 2 aromatic carbocycles. The van der Waals surface area contributed by atoms with Crippen molar-refractivity contribution >= 4 is 21.7 Å². The minimum Gasteiger partial charge on any atom is -0.465 e. The van der Waals surface area contributed by atoms with E-state index in [4.69, 9.17) is 9.73 Å². The normalized spacial score (nSPS) is 15.5. The molecular weight excluding hydrogens is 371 g/mol.